The third-order valence-corrected chi connectivity index (χ3v) is 3.94. The summed E-state index contributed by atoms with van der Waals surface area (Å²) in [6, 6.07) is 19.4. The Hall–Kier alpha value is -2.68. The van der Waals surface area contributed by atoms with Crippen molar-refractivity contribution in [2.24, 2.45) is 5.92 Å². The maximum absolute atomic E-state index is 12.7. The normalized spacial score (nSPS) is 14.0. The first kappa shape index (κ1) is 19.6. The number of benzene rings is 2. The lowest BCUT2D eigenvalue weighted by atomic mass is 9.83. The molecule has 2 rings (SSSR count). The summed E-state index contributed by atoms with van der Waals surface area (Å²) in [5.74, 6) is -1.96. The van der Waals surface area contributed by atoms with Gasteiger partial charge in [0.1, 0.15) is 17.3 Å². The highest BCUT2D eigenvalue weighted by molar-refractivity contribution is 5.99. The number of ketones is 1. The van der Waals surface area contributed by atoms with Crippen molar-refractivity contribution in [3.8, 4) is 0 Å². The number of carbonyl (C=O) groups excluding carboxylic acids is 2. The molecule has 0 aliphatic rings. The van der Waals surface area contributed by atoms with E-state index in [2.05, 4.69) is 0 Å². The number of hydrogen-bond acceptors (Lipinski definition) is 3. The Morgan fingerprint density at radius 2 is 1.46 bits per heavy atom. The van der Waals surface area contributed by atoms with E-state index in [1.165, 1.54) is 6.92 Å². The lowest BCUT2D eigenvalue weighted by Crippen LogP contribution is -2.35. The fraction of sp³-hybridized carbons (Fsp3) is 0.304. The van der Waals surface area contributed by atoms with Gasteiger partial charge in [-0.1, -0.05) is 72.8 Å². The highest BCUT2D eigenvalue weighted by Gasteiger charge is 2.35. The molecule has 2 aromatic carbocycles. The maximum Gasteiger partial charge on any atom is 0.317 e. The van der Waals surface area contributed by atoms with Gasteiger partial charge in [0.2, 0.25) is 0 Å². The van der Waals surface area contributed by atoms with Crippen LogP contribution in [-0.2, 0) is 14.3 Å². The number of hydrogen-bond donors (Lipinski definition) is 0. The van der Waals surface area contributed by atoms with E-state index in [1.807, 2.05) is 72.8 Å². The number of esters is 1. The second-order valence-electron chi connectivity index (χ2n) is 7.33. The van der Waals surface area contributed by atoms with Gasteiger partial charge in [0.05, 0.1) is 0 Å². The van der Waals surface area contributed by atoms with Crippen molar-refractivity contribution in [3.63, 3.8) is 0 Å². The number of allylic oxidation sites excluding steroid dienone is 1. The summed E-state index contributed by atoms with van der Waals surface area (Å²) in [6.45, 7) is 6.86. The predicted molar refractivity (Wildman–Crippen MR) is 105 cm³/mol. The quantitative estimate of drug-likeness (QED) is 0.542. The minimum absolute atomic E-state index is 0.203. The highest BCUT2D eigenvalue weighted by Crippen LogP contribution is 2.30. The Kier molecular flexibility index (Phi) is 6.51. The molecule has 0 aromatic heterocycles. The van der Waals surface area contributed by atoms with Gasteiger partial charge in [0.15, 0.2) is 0 Å². The van der Waals surface area contributed by atoms with Gasteiger partial charge in [-0.2, -0.15) is 0 Å². The number of ether oxygens (including phenoxy) is 1. The standard InChI is InChI=1S/C23H26O3/c1-17(24)21(22(25)26-23(2,3)4)20(19-13-9-6-10-14-19)16-15-18-11-7-5-8-12-18/h5-16,20-21H,1-4H3/b16-15+/t20-,21?/m0/s1. The molecule has 0 heterocycles. The second-order valence-corrected chi connectivity index (χ2v) is 7.33. The number of Topliss-reactive ketones (excluding diaryl/α,β-unsaturated/α-hetero) is 1. The summed E-state index contributed by atoms with van der Waals surface area (Å²) in [5, 5.41) is 0. The first-order valence-corrected chi connectivity index (χ1v) is 8.79. The largest absolute Gasteiger partial charge is 0.459 e. The molecule has 0 saturated carbocycles. The molecule has 1 unspecified atom stereocenters. The molecule has 0 aliphatic heterocycles. The van der Waals surface area contributed by atoms with Crippen molar-refractivity contribution in [3.05, 3.63) is 77.9 Å². The smallest absolute Gasteiger partial charge is 0.317 e. The van der Waals surface area contributed by atoms with E-state index in [9.17, 15) is 9.59 Å². The lowest BCUT2D eigenvalue weighted by Gasteiger charge is -2.26. The summed E-state index contributed by atoms with van der Waals surface area (Å²) in [6.07, 6.45) is 3.86. The average molecular weight is 350 g/mol. The monoisotopic (exact) mass is 350 g/mol. The summed E-state index contributed by atoms with van der Waals surface area (Å²) >= 11 is 0. The van der Waals surface area contributed by atoms with Crippen molar-refractivity contribution in [2.75, 3.05) is 0 Å². The topological polar surface area (TPSA) is 43.4 Å². The van der Waals surface area contributed by atoms with E-state index in [1.54, 1.807) is 20.8 Å². The zero-order chi connectivity index (χ0) is 19.2. The number of rotatable bonds is 6. The van der Waals surface area contributed by atoms with E-state index in [0.29, 0.717) is 0 Å². The molecule has 0 fully saturated rings. The molecule has 136 valence electrons. The van der Waals surface area contributed by atoms with Crippen LogP contribution in [0.2, 0.25) is 0 Å². The molecule has 26 heavy (non-hydrogen) atoms. The Morgan fingerprint density at radius 3 is 1.96 bits per heavy atom. The Bertz CT molecular complexity index is 755. The van der Waals surface area contributed by atoms with Gasteiger partial charge in [0.25, 0.3) is 0 Å². The molecular weight excluding hydrogens is 324 g/mol. The van der Waals surface area contributed by atoms with Crippen molar-refractivity contribution in [1.29, 1.82) is 0 Å². The molecule has 3 heteroatoms. The zero-order valence-corrected chi connectivity index (χ0v) is 15.8. The average Bonchev–Trinajstić information content (AvgIpc) is 2.58. The van der Waals surface area contributed by atoms with E-state index in [0.717, 1.165) is 11.1 Å². The van der Waals surface area contributed by atoms with Crippen LogP contribution in [0.4, 0.5) is 0 Å². The van der Waals surface area contributed by atoms with Gasteiger partial charge in [-0.3, -0.25) is 9.59 Å². The molecule has 0 aliphatic carbocycles. The summed E-state index contributed by atoms with van der Waals surface area (Å²) < 4.78 is 5.52. The Morgan fingerprint density at radius 1 is 0.923 bits per heavy atom. The highest BCUT2D eigenvalue weighted by atomic mass is 16.6. The van der Waals surface area contributed by atoms with Crippen molar-refractivity contribution in [1.82, 2.24) is 0 Å². The van der Waals surface area contributed by atoms with Crippen molar-refractivity contribution < 1.29 is 14.3 Å². The predicted octanol–water partition coefficient (Wildman–Crippen LogP) is 5.03. The van der Waals surface area contributed by atoms with Gasteiger partial charge >= 0.3 is 5.97 Å². The summed E-state index contributed by atoms with van der Waals surface area (Å²) in [4.78, 5) is 25.1. The third-order valence-electron chi connectivity index (χ3n) is 3.94. The fourth-order valence-corrected chi connectivity index (χ4v) is 2.80. The van der Waals surface area contributed by atoms with Crippen LogP contribution in [-0.4, -0.2) is 17.4 Å². The Labute approximate surface area is 155 Å². The molecular formula is C23H26O3. The van der Waals surface area contributed by atoms with Gasteiger partial charge < -0.3 is 4.74 Å². The lowest BCUT2D eigenvalue weighted by molar-refractivity contribution is -0.162. The molecule has 3 nitrogen and oxygen atoms in total. The van der Waals surface area contributed by atoms with Crippen molar-refractivity contribution >= 4 is 17.8 Å². The van der Waals surface area contributed by atoms with Gasteiger partial charge in [-0.25, -0.2) is 0 Å². The molecule has 0 radical (unpaired) electrons. The van der Waals surface area contributed by atoms with Crippen LogP contribution in [0.1, 0.15) is 44.7 Å². The summed E-state index contributed by atoms with van der Waals surface area (Å²) in [5.41, 5.74) is 1.28. The van der Waals surface area contributed by atoms with Gasteiger partial charge in [-0.05, 0) is 38.8 Å². The first-order chi connectivity index (χ1) is 12.3. The number of carbonyl (C=O) groups is 2. The minimum Gasteiger partial charge on any atom is -0.459 e. The van der Waals surface area contributed by atoms with Crippen LogP contribution < -0.4 is 0 Å². The zero-order valence-electron chi connectivity index (χ0n) is 15.8. The molecule has 0 amide bonds. The summed E-state index contributed by atoms with van der Waals surface area (Å²) in [7, 11) is 0. The maximum atomic E-state index is 12.7. The fourth-order valence-electron chi connectivity index (χ4n) is 2.80. The molecule has 0 saturated heterocycles. The van der Waals surface area contributed by atoms with Crippen LogP contribution in [0.5, 0.6) is 0 Å². The first-order valence-electron chi connectivity index (χ1n) is 8.79. The molecule has 2 atom stereocenters. The van der Waals surface area contributed by atoms with Crippen molar-refractivity contribution in [2.45, 2.75) is 39.2 Å². The third kappa shape index (κ3) is 5.69. The van der Waals surface area contributed by atoms with E-state index in [4.69, 9.17) is 4.74 Å². The molecule has 0 N–H and O–H groups in total. The Balaban J connectivity index is 2.41. The minimum atomic E-state index is -0.878. The van der Waals surface area contributed by atoms with Crippen LogP contribution in [0.25, 0.3) is 6.08 Å². The van der Waals surface area contributed by atoms with E-state index in [-0.39, 0.29) is 11.7 Å². The molecule has 0 spiro atoms. The van der Waals surface area contributed by atoms with Gasteiger partial charge in [0, 0.05) is 5.92 Å². The van der Waals surface area contributed by atoms with Crippen LogP contribution in [0.3, 0.4) is 0 Å². The van der Waals surface area contributed by atoms with Crippen LogP contribution >= 0.6 is 0 Å². The van der Waals surface area contributed by atoms with E-state index < -0.39 is 17.5 Å². The van der Waals surface area contributed by atoms with E-state index >= 15 is 0 Å². The second kappa shape index (κ2) is 8.61. The van der Waals surface area contributed by atoms with Gasteiger partial charge in [-0.15, -0.1) is 0 Å². The van der Waals surface area contributed by atoms with Crippen LogP contribution in [0.15, 0.2) is 66.7 Å². The molecule has 0 bridgehead atoms. The van der Waals surface area contributed by atoms with Crippen LogP contribution in [0, 0.1) is 5.92 Å². The SMILES string of the molecule is CC(=O)C(C(=O)OC(C)(C)C)[C@@H](/C=C/c1ccccc1)c1ccccc1. The molecule has 2 aromatic rings.